The molecule has 2 heterocycles. The first-order chi connectivity index (χ1) is 14.1. The number of aromatic nitrogens is 2. The number of hydrogen-bond acceptors (Lipinski definition) is 4. The van der Waals surface area contributed by atoms with Gasteiger partial charge in [-0.1, -0.05) is 46.9 Å². The highest BCUT2D eigenvalue weighted by molar-refractivity contribution is 6.77. The maximum absolute atomic E-state index is 12.5. The zero-order valence-electron chi connectivity index (χ0n) is 16.9. The summed E-state index contributed by atoms with van der Waals surface area (Å²) in [5.74, 6) is -0.393. The van der Waals surface area contributed by atoms with Gasteiger partial charge in [0.05, 0.1) is 17.4 Å². The van der Waals surface area contributed by atoms with Gasteiger partial charge in [0, 0.05) is 39.3 Å². The van der Waals surface area contributed by atoms with Gasteiger partial charge < -0.3 is 9.47 Å². The van der Waals surface area contributed by atoms with Crippen molar-refractivity contribution < 1.29 is 9.59 Å². The third-order valence-corrected chi connectivity index (χ3v) is 6.67. The fraction of sp³-hybridized carbons (Fsp3) is 0.476. The summed E-state index contributed by atoms with van der Waals surface area (Å²) in [6.07, 6.45) is 4.87. The number of alkyl halides is 3. The van der Waals surface area contributed by atoms with Crippen LogP contribution in [0.1, 0.15) is 51.5 Å². The number of amides is 1. The van der Waals surface area contributed by atoms with Crippen LogP contribution in [0, 0.1) is 0 Å². The number of rotatable bonds is 4. The third-order valence-electron chi connectivity index (χ3n) is 6.15. The molecule has 1 aliphatic heterocycles. The highest BCUT2D eigenvalue weighted by Crippen LogP contribution is 2.49. The summed E-state index contributed by atoms with van der Waals surface area (Å²) in [7, 11) is 3.49. The van der Waals surface area contributed by atoms with Crippen LogP contribution in [0.15, 0.2) is 30.5 Å². The minimum atomic E-state index is -2.02. The number of halogens is 3. The molecule has 2 aliphatic rings. The number of nitrogens with zero attached hydrogens (tertiary/aromatic N) is 4. The molecule has 1 aromatic heterocycles. The van der Waals surface area contributed by atoms with Gasteiger partial charge in [-0.2, -0.15) is 0 Å². The lowest BCUT2D eigenvalue weighted by atomic mass is 9.72. The van der Waals surface area contributed by atoms with Crippen LogP contribution >= 0.6 is 34.8 Å². The van der Waals surface area contributed by atoms with Crippen LogP contribution in [-0.4, -0.2) is 55.5 Å². The monoisotopic (exact) mass is 468 g/mol. The Morgan fingerprint density at radius 1 is 1.13 bits per heavy atom. The summed E-state index contributed by atoms with van der Waals surface area (Å²) in [4.78, 5) is 33.0. The fourth-order valence-corrected chi connectivity index (χ4v) is 4.68. The van der Waals surface area contributed by atoms with Gasteiger partial charge in [-0.15, -0.1) is 0 Å². The molecule has 160 valence electrons. The molecule has 2 aromatic rings. The van der Waals surface area contributed by atoms with E-state index in [0.29, 0.717) is 12.1 Å². The van der Waals surface area contributed by atoms with Gasteiger partial charge in [-0.25, -0.2) is 4.98 Å². The molecule has 0 unspecified atom stereocenters. The van der Waals surface area contributed by atoms with E-state index in [1.54, 1.807) is 25.2 Å². The molecular weight excluding hydrogens is 447 g/mol. The molecule has 1 amide bonds. The highest BCUT2D eigenvalue weighted by atomic mass is 35.6. The Morgan fingerprint density at radius 3 is 2.33 bits per heavy atom. The van der Waals surface area contributed by atoms with E-state index < -0.39 is 9.58 Å². The molecule has 1 aromatic carbocycles. The molecule has 6 nitrogen and oxygen atoms in total. The van der Waals surface area contributed by atoms with Gasteiger partial charge in [-0.05, 0) is 37.0 Å². The molecule has 1 spiro atoms. The molecule has 0 N–H and O–H groups in total. The Balaban J connectivity index is 1.58. The SMILES string of the molecule is CN(C)C(=O)c1ccc(CN2CCn3c(cnc3C(=O)C(Cl)(Cl)Cl)C23CCC3)cc1. The van der Waals surface area contributed by atoms with Crippen molar-refractivity contribution in [3.63, 3.8) is 0 Å². The first-order valence-electron chi connectivity index (χ1n) is 9.87. The molecule has 0 saturated heterocycles. The number of benzene rings is 1. The van der Waals surface area contributed by atoms with E-state index >= 15 is 0 Å². The van der Waals surface area contributed by atoms with Gasteiger partial charge in [0.15, 0.2) is 5.82 Å². The number of Topliss-reactive ketones (excluding diaryl/α,β-unsaturated/α-hetero) is 1. The lowest BCUT2D eigenvalue weighted by Crippen LogP contribution is -2.56. The summed E-state index contributed by atoms with van der Waals surface area (Å²) >= 11 is 17.5. The summed E-state index contributed by atoms with van der Waals surface area (Å²) < 4.78 is -0.101. The van der Waals surface area contributed by atoms with Crippen LogP contribution in [0.25, 0.3) is 0 Å². The lowest BCUT2D eigenvalue weighted by Gasteiger charge is -2.53. The minimum Gasteiger partial charge on any atom is -0.345 e. The molecule has 0 bridgehead atoms. The van der Waals surface area contributed by atoms with Crippen LogP contribution in [-0.2, 0) is 18.6 Å². The second-order valence-electron chi connectivity index (χ2n) is 8.15. The van der Waals surface area contributed by atoms with E-state index in [9.17, 15) is 9.59 Å². The van der Waals surface area contributed by atoms with E-state index in [1.807, 2.05) is 28.8 Å². The second kappa shape index (κ2) is 7.83. The predicted molar refractivity (Wildman–Crippen MR) is 117 cm³/mol. The zero-order chi connectivity index (χ0) is 21.7. The van der Waals surface area contributed by atoms with Crippen molar-refractivity contribution in [2.75, 3.05) is 20.6 Å². The Labute approximate surface area is 190 Å². The highest BCUT2D eigenvalue weighted by Gasteiger charge is 2.49. The second-order valence-corrected chi connectivity index (χ2v) is 10.4. The Bertz CT molecular complexity index is 975. The summed E-state index contributed by atoms with van der Waals surface area (Å²) in [5, 5.41) is 0. The topological polar surface area (TPSA) is 58.4 Å². The first kappa shape index (κ1) is 21.6. The Hall–Kier alpha value is -1.60. The quantitative estimate of drug-likeness (QED) is 0.501. The number of hydrogen-bond donors (Lipinski definition) is 0. The predicted octanol–water partition coefficient (Wildman–Crippen LogP) is 4.03. The standard InChI is InChI=1S/C21H23Cl3N4O2/c1-26(2)19(30)15-6-4-14(5-7-15)13-27-10-11-28-16(20(27)8-3-9-20)12-25-18(28)17(29)21(22,23)24/h4-7,12H,3,8-11,13H2,1-2H3. The summed E-state index contributed by atoms with van der Waals surface area (Å²) in [5.41, 5.74) is 2.67. The van der Waals surface area contributed by atoms with E-state index in [-0.39, 0.29) is 17.3 Å². The number of carbonyl (C=O) groups excluding carboxylic acids is 2. The molecule has 4 rings (SSSR count). The van der Waals surface area contributed by atoms with Crippen LogP contribution in [0.2, 0.25) is 0 Å². The van der Waals surface area contributed by atoms with Crippen molar-refractivity contribution in [2.24, 2.45) is 0 Å². The molecule has 1 saturated carbocycles. The molecular formula is C21H23Cl3N4O2. The van der Waals surface area contributed by atoms with Crippen LogP contribution < -0.4 is 0 Å². The Morgan fingerprint density at radius 2 is 1.80 bits per heavy atom. The Kier molecular flexibility index (Phi) is 5.64. The van der Waals surface area contributed by atoms with Gasteiger partial charge in [0.1, 0.15) is 0 Å². The van der Waals surface area contributed by atoms with Gasteiger partial charge in [0.25, 0.3) is 9.70 Å². The number of imidazole rings is 1. The van der Waals surface area contributed by atoms with Gasteiger partial charge in [-0.3, -0.25) is 14.5 Å². The van der Waals surface area contributed by atoms with Crippen LogP contribution in [0.4, 0.5) is 0 Å². The zero-order valence-corrected chi connectivity index (χ0v) is 19.1. The van der Waals surface area contributed by atoms with Crippen molar-refractivity contribution in [1.29, 1.82) is 0 Å². The lowest BCUT2D eigenvalue weighted by molar-refractivity contribution is -0.0216. The van der Waals surface area contributed by atoms with E-state index in [2.05, 4.69) is 9.88 Å². The normalized spacial score (nSPS) is 18.0. The van der Waals surface area contributed by atoms with Crippen molar-refractivity contribution in [3.05, 3.63) is 53.1 Å². The average Bonchev–Trinajstić information content (AvgIpc) is 3.09. The summed E-state index contributed by atoms with van der Waals surface area (Å²) in [6.45, 7) is 2.13. The number of carbonyl (C=O) groups is 2. The smallest absolute Gasteiger partial charge is 0.256 e. The van der Waals surface area contributed by atoms with Crippen molar-refractivity contribution >= 4 is 46.5 Å². The molecule has 1 aliphatic carbocycles. The first-order valence-corrected chi connectivity index (χ1v) is 11.0. The van der Waals surface area contributed by atoms with Crippen LogP contribution in [0.5, 0.6) is 0 Å². The molecule has 1 fully saturated rings. The average molecular weight is 470 g/mol. The summed E-state index contributed by atoms with van der Waals surface area (Å²) in [6, 6.07) is 7.76. The largest absolute Gasteiger partial charge is 0.345 e. The van der Waals surface area contributed by atoms with Crippen molar-refractivity contribution in [2.45, 2.75) is 41.7 Å². The van der Waals surface area contributed by atoms with Crippen LogP contribution in [0.3, 0.4) is 0 Å². The number of ketones is 1. The van der Waals surface area contributed by atoms with Crippen molar-refractivity contribution in [3.8, 4) is 0 Å². The van der Waals surface area contributed by atoms with E-state index in [4.69, 9.17) is 34.8 Å². The maximum atomic E-state index is 12.5. The minimum absolute atomic E-state index is 0.00923. The van der Waals surface area contributed by atoms with E-state index in [0.717, 1.165) is 43.6 Å². The molecule has 0 atom stereocenters. The molecule has 30 heavy (non-hydrogen) atoms. The third kappa shape index (κ3) is 3.64. The fourth-order valence-electron chi connectivity index (χ4n) is 4.42. The molecule has 0 radical (unpaired) electrons. The van der Waals surface area contributed by atoms with E-state index in [1.165, 1.54) is 0 Å². The molecule has 9 heteroatoms. The number of fused-ring (bicyclic) bond motifs is 2. The van der Waals surface area contributed by atoms with Crippen molar-refractivity contribution in [1.82, 2.24) is 19.4 Å². The van der Waals surface area contributed by atoms with Gasteiger partial charge >= 0.3 is 0 Å². The van der Waals surface area contributed by atoms with Gasteiger partial charge in [0.2, 0.25) is 5.78 Å². The maximum Gasteiger partial charge on any atom is 0.256 e.